The van der Waals surface area contributed by atoms with Crippen molar-refractivity contribution in [2.45, 2.75) is 31.7 Å². The number of amides is 1. The first-order valence-corrected chi connectivity index (χ1v) is 5.77. The molecule has 1 aliphatic carbocycles. The minimum absolute atomic E-state index is 0.0275. The zero-order chi connectivity index (χ0) is 12.3. The fourth-order valence-electron chi connectivity index (χ4n) is 2.03. The summed E-state index contributed by atoms with van der Waals surface area (Å²) in [6.07, 6.45) is 4.70. The van der Waals surface area contributed by atoms with Gasteiger partial charge in [-0.25, -0.2) is 4.98 Å². The van der Waals surface area contributed by atoms with Gasteiger partial charge in [0.05, 0.1) is 0 Å². The van der Waals surface area contributed by atoms with Crippen LogP contribution in [0.4, 0.5) is 5.95 Å². The lowest BCUT2D eigenvalue weighted by atomic mass is 9.86. The Hall–Kier alpha value is -1.69. The Morgan fingerprint density at radius 2 is 2.12 bits per heavy atom. The van der Waals surface area contributed by atoms with E-state index in [9.17, 15) is 9.59 Å². The number of nitrogens with two attached hydrogens (primary N) is 1. The first-order valence-electron chi connectivity index (χ1n) is 5.77. The van der Waals surface area contributed by atoms with Gasteiger partial charge in [-0.3, -0.25) is 19.9 Å². The summed E-state index contributed by atoms with van der Waals surface area (Å²) in [6.45, 7) is 0. The summed E-state index contributed by atoms with van der Waals surface area (Å²) in [6, 6.07) is 1.52. The number of nitrogens with one attached hydrogen (secondary N) is 2. The third-order valence-electron chi connectivity index (χ3n) is 3.06. The molecule has 92 valence electrons. The molecule has 0 saturated heterocycles. The van der Waals surface area contributed by atoms with Crippen LogP contribution < -0.4 is 16.6 Å². The predicted molar refractivity (Wildman–Crippen MR) is 63.4 cm³/mol. The van der Waals surface area contributed by atoms with Gasteiger partial charge in [0.25, 0.3) is 5.56 Å². The van der Waals surface area contributed by atoms with Gasteiger partial charge in [0.1, 0.15) is 0 Å². The average molecular weight is 236 g/mol. The minimum Gasteiger partial charge on any atom is -0.328 e. The van der Waals surface area contributed by atoms with Crippen LogP contribution in [-0.4, -0.2) is 21.9 Å². The maximum absolute atomic E-state index is 11.9. The van der Waals surface area contributed by atoms with Crippen LogP contribution in [0, 0.1) is 5.92 Å². The van der Waals surface area contributed by atoms with E-state index >= 15 is 0 Å². The summed E-state index contributed by atoms with van der Waals surface area (Å²) in [5, 5.41) is 2.62. The van der Waals surface area contributed by atoms with E-state index in [1.807, 2.05) is 0 Å². The van der Waals surface area contributed by atoms with Crippen LogP contribution in [0.2, 0.25) is 0 Å². The average Bonchev–Trinajstić information content (AvgIpc) is 2.29. The van der Waals surface area contributed by atoms with Crippen molar-refractivity contribution in [2.75, 3.05) is 5.32 Å². The van der Waals surface area contributed by atoms with E-state index in [-0.39, 0.29) is 29.4 Å². The van der Waals surface area contributed by atoms with Crippen LogP contribution >= 0.6 is 0 Å². The fourth-order valence-corrected chi connectivity index (χ4v) is 2.03. The molecule has 0 aromatic carbocycles. The highest BCUT2D eigenvalue weighted by Gasteiger charge is 2.24. The van der Waals surface area contributed by atoms with Gasteiger partial charge < -0.3 is 5.73 Å². The number of anilines is 1. The van der Waals surface area contributed by atoms with Gasteiger partial charge in [-0.05, 0) is 25.7 Å². The Kier molecular flexibility index (Phi) is 3.53. The quantitative estimate of drug-likeness (QED) is 0.684. The van der Waals surface area contributed by atoms with Crippen molar-refractivity contribution < 1.29 is 4.79 Å². The molecule has 1 aliphatic rings. The van der Waals surface area contributed by atoms with E-state index in [4.69, 9.17) is 5.73 Å². The molecule has 0 aliphatic heterocycles. The van der Waals surface area contributed by atoms with Gasteiger partial charge in [-0.1, -0.05) is 0 Å². The smallest absolute Gasteiger partial charge is 0.252 e. The third-order valence-corrected chi connectivity index (χ3v) is 3.06. The third kappa shape index (κ3) is 3.13. The number of carbonyl (C=O) groups excluding carboxylic acids is 1. The normalized spacial score (nSPS) is 24.3. The second-order valence-electron chi connectivity index (χ2n) is 4.38. The van der Waals surface area contributed by atoms with E-state index in [1.54, 1.807) is 0 Å². The zero-order valence-electron chi connectivity index (χ0n) is 9.48. The summed E-state index contributed by atoms with van der Waals surface area (Å²) in [5.41, 5.74) is 5.50. The Balaban J connectivity index is 1.95. The SMILES string of the molecule is NC1CCC(C(=O)Nc2nccc(=O)[nH]2)CC1. The Morgan fingerprint density at radius 1 is 1.41 bits per heavy atom. The van der Waals surface area contributed by atoms with E-state index in [0.717, 1.165) is 25.7 Å². The maximum atomic E-state index is 11.9. The highest BCUT2D eigenvalue weighted by molar-refractivity contribution is 5.90. The van der Waals surface area contributed by atoms with Gasteiger partial charge in [-0.15, -0.1) is 0 Å². The lowest BCUT2D eigenvalue weighted by Crippen LogP contribution is -2.33. The first-order chi connectivity index (χ1) is 8.15. The minimum atomic E-state index is -0.277. The van der Waals surface area contributed by atoms with Crippen molar-refractivity contribution in [3.05, 3.63) is 22.6 Å². The van der Waals surface area contributed by atoms with Crippen molar-refractivity contribution in [2.24, 2.45) is 11.7 Å². The fraction of sp³-hybridized carbons (Fsp3) is 0.545. The Morgan fingerprint density at radius 3 is 2.76 bits per heavy atom. The second-order valence-corrected chi connectivity index (χ2v) is 4.38. The molecule has 1 amide bonds. The molecule has 0 unspecified atom stereocenters. The summed E-state index contributed by atoms with van der Waals surface area (Å²) in [4.78, 5) is 29.2. The standard InChI is InChI=1S/C11H16N4O2/c12-8-3-1-7(2-4-8)10(17)15-11-13-6-5-9(16)14-11/h5-8H,1-4,12H2,(H2,13,14,15,16,17). The van der Waals surface area contributed by atoms with Gasteiger partial charge in [0.15, 0.2) is 0 Å². The van der Waals surface area contributed by atoms with Gasteiger partial charge in [0, 0.05) is 24.2 Å². The Labute approximate surface area is 98.6 Å². The summed E-state index contributed by atoms with van der Waals surface area (Å²) in [7, 11) is 0. The number of nitrogens with zero attached hydrogens (tertiary/aromatic N) is 1. The van der Waals surface area contributed by atoms with E-state index in [1.165, 1.54) is 12.3 Å². The lowest BCUT2D eigenvalue weighted by Gasteiger charge is -2.24. The van der Waals surface area contributed by atoms with Crippen LogP contribution in [0.3, 0.4) is 0 Å². The Bertz CT molecular complexity index is 449. The molecule has 4 N–H and O–H groups in total. The zero-order valence-corrected chi connectivity index (χ0v) is 9.48. The summed E-state index contributed by atoms with van der Waals surface area (Å²) < 4.78 is 0. The molecule has 17 heavy (non-hydrogen) atoms. The topological polar surface area (TPSA) is 101 Å². The molecule has 2 rings (SSSR count). The molecule has 1 fully saturated rings. The summed E-state index contributed by atoms with van der Waals surface area (Å²) >= 11 is 0. The first kappa shape index (κ1) is 11.8. The molecule has 0 atom stereocenters. The number of aromatic amines is 1. The van der Waals surface area contributed by atoms with Crippen molar-refractivity contribution in [3.63, 3.8) is 0 Å². The number of aromatic nitrogens is 2. The molecule has 6 nitrogen and oxygen atoms in total. The van der Waals surface area contributed by atoms with Crippen LogP contribution in [0.25, 0.3) is 0 Å². The van der Waals surface area contributed by atoms with Crippen LogP contribution in [0.5, 0.6) is 0 Å². The van der Waals surface area contributed by atoms with Crippen LogP contribution in [0.1, 0.15) is 25.7 Å². The molecule has 1 aromatic heterocycles. The molecule has 0 radical (unpaired) electrons. The van der Waals surface area contributed by atoms with E-state index in [0.29, 0.717) is 0 Å². The molecule has 1 aromatic rings. The van der Waals surface area contributed by atoms with Crippen molar-refractivity contribution in [1.29, 1.82) is 0 Å². The predicted octanol–water partition coefficient (Wildman–Crippen LogP) is 0.226. The number of H-pyrrole nitrogens is 1. The van der Waals surface area contributed by atoms with Crippen molar-refractivity contribution in [1.82, 2.24) is 9.97 Å². The largest absolute Gasteiger partial charge is 0.328 e. The highest BCUT2D eigenvalue weighted by Crippen LogP contribution is 2.23. The molecule has 1 heterocycles. The van der Waals surface area contributed by atoms with Gasteiger partial charge >= 0.3 is 0 Å². The highest BCUT2D eigenvalue weighted by atomic mass is 16.2. The van der Waals surface area contributed by atoms with Gasteiger partial charge in [-0.2, -0.15) is 0 Å². The van der Waals surface area contributed by atoms with Gasteiger partial charge in [0.2, 0.25) is 11.9 Å². The van der Waals surface area contributed by atoms with E-state index in [2.05, 4.69) is 15.3 Å². The number of hydrogen-bond acceptors (Lipinski definition) is 4. The van der Waals surface area contributed by atoms with Crippen LogP contribution in [0.15, 0.2) is 17.1 Å². The molecular formula is C11H16N4O2. The molecule has 0 spiro atoms. The second kappa shape index (κ2) is 5.09. The lowest BCUT2D eigenvalue weighted by molar-refractivity contribution is -0.120. The number of rotatable bonds is 2. The monoisotopic (exact) mass is 236 g/mol. The molecule has 1 saturated carbocycles. The van der Waals surface area contributed by atoms with E-state index < -0.39 is 0 Å². The van der Waals surface area contributed by atoms with Crippen LogP contribution in [-0.2, 0) is 4.79 Å². The molecule has 0 bridgehead atoms. The number of hydrogen-bond donors (Lipinski definition) is 3. The molecule has 6 heteroatoms. The summed E-state index contributed by atoms with van der Waals surface area (Å²) in [5.74, 6) is 0.0870. The van der Waals surface area contributed by atoms with Crippen molar-refractivity contribution in [3.8, 4) is 0 Å². The number of carbonyl (C=O) groups is 1. The maximum Gasteiger partial charge on any atom is 0.252 e. The molecular weight excluding hydrogens is 220 g/mol. The van der Waals surface area contributed by atoms with Crippen molar-refractivity contribution >= 4 is 11.9 Å².